The van der Waals surface area contributed by atoms with Gasteiger partial charge in [0.25, 0.3) is 0 Å². The molecule has 0 aliphatic rings. The standard InChI is InChI=1S/C43H80O5/c1-3-5-7-9-11-13-15-17-19-20-21-22-24-25-27-29-31-33-35-37-42(45)47-40-41(39-44)48-43(46)38-36-34-32-30-28-26-23-18-16-14-12-10-8-6-4-2/h11,13,17,19,41,44H,3-10,12,14-16,18,20-40H2,1-2H3/b13-11-,19-17-/t41-/m0/s1. The first-order valence-corrected chi connectivity index (χ1v) is 20.9. The molecule has 48 heavy (non-hydrogen) atoms. The average Bonchev–Trinajstić information content (AvgIpc) is 3.09. The number of carbonyl (C=O) groups excluding carboxylic acids is 2. The van der Waals surface area contributed by atoms with Gasteiger partial charge in [-0.05, 0) is 44.9 Å². The highest BCUT2D eigenvalue weighted by Gasteiger charge is 2.16. The molecule has 0 amide bonds. The van der Waals surface area contributed by atoms with Crippen molar-refractivity contribution in [3.63, 3.8) is 0 Å². The monoisotopic (exact) mass is 677 g/mol. The normalized spacial score (nSPS) is 12.3. The van der Waals surface area contributed by atoms with E-state index in [0.717, 1.165) is 44.9 Å². The van der Waals surface area contributed by atoms with Gasteiger partial charge in [-0.15, -0.1) is 0 Å². The molecule has 0 fully saturated rings. The average molecular weight is 677 g/mol. The SMILES string of the molecule is CCCCC/C=C\C/C=C\CCCCCCCCCCCC(=O)OC[C@H](CO)OC(=O)CCCCCCCCCCCCCCCCC. The molecule has 1 N–H and O–H groups in total. The number of hydrogen-bond acceptors (Lipinski definition) is 5. The number of aliphatic hydroxyl groups excluding tert-OH is 1. The Morgan fingerprint density at radius 3 is 1.27 bits per heavy atom. The summed E-state index contributed by atoms with van der Waals surface area (Å²) >= 11 is 0. The topological polar surface area (TPSA) is 72.8 Å². The summed E-state index contributed by atoms with van der Waals surface area (Å²) in [7, 11) is 0. The van der Waals surface area contributed by atoms with Crippen molar-refractivity contribution in [3.8, 4) is 0 Å². The Kier molecular flexibility index (Phi) is 38.5. The quantitative estimate of drug-likeness (QED) is 0.0400. The molecular formula is C43H80O5. The lowest BCUT2D eigenvalue weighted by atomic mass is 10.0. The van der Waals surface area contributed by atoms with Crippen molar-refractivity contribution in [1.29, 1.82) is 0 Å². The third-order valence-corrected chi connectivity index (χ3v) is 9.25. The van der Waals surface area contributed by atoms with Crippen LogP contribution in [0, 0.1) is 0 Å². The number of ether oxygens (including phenoxy) is 2. The predicted octanol–water partition coefficient (Wildman–Crippen LogP) is 13.1. The second kappa shape index (κ2) is 39.8. The van der Waals surface area contributed by atoms with Crippen LogP contribution >= 0.6 is 0 Å². The van der Waals surface area contributed by atoms with Crippen LogP contribution in [0.15, 0.2) is 24.3 Å². The zero-order chi connectivity index (χ0) is 35.0. The van der Waals surface area contributed by atoms with E-state index in [1.165, 1.54) is 148 Å². The molecule has 5 heteroatoms. The number of hydrogen-bond donors (Lipinski definition) is 1. The van der Waals surface area contributed by atoms with E-state index in [4.69, 9.17) is 9.47 Å². The molecule has 0 unspecified atom stereocenters. The number of unbranched alkanes of at least 4 members (excludes halogenated alkanes) is 26. The molecule has 282 valence electrons. The van der Waals surface area contributed by atoms with Gasteiger partial charge in [0.2, 0.25) is 0 Å². The van der Waals surface area contributed by atoms with Crippen LogP contribution in [0.1, 0.15) is 219 Å². The van der Waals surface area contributed by atoms with Crippen molar-refractivity contribution in [2.75, 3.05) is 13.2 Å². The number of aliphatic hydroxyl groups is 1. The predicted molar refractivity (Wildman–Crippen MR) is 205 cm³/mol. The lowest BCUT2D eigenvalue weighted by Gasteiger charge is -2.15. The molecule has 0 aliphatic heterocycles. The Hall–Kier alpha value is -1.62. The van der Waals surface area contributed by atoms with E-state index in [9.17, 15) is 14.7 Å². The van der Waals surface area contributed by atoms with E-state index in [0.29, 0.717) is 12.8 Å². The Balaban J connectivity index is 3.52. The Morgan fingerprint density at radius 2 is 0.833 bits per heavy atom. The molecule has 0 saturated carbocycles. The van der Waals surface area contributed by atoms with E-state index < -0.39 is 6.10 Å². The molecule has 0 rings (SSSR count). The zero-order valence-corrected chi connectivity index (χ0v) is 32.0. The number of rotatable bonds is 38. The molecule has 0 spiro atoms. The van der Waals surface area contributed by atoms with Gasteiger partial charge in [0.15, 0.2) is 6.10 Å². The minimum atomic E-state index is -0.768. The molecule has 0 heterocycles. The molecule has 0 bridgehead atoms. The van der Waals surface area contributed by atoms with Crippen molar-refractivity contribution >= 4 is 11.9 Å². The maximum atomic E-state index is 12.2. The van der Waals surface area contributed by atoms with Gasteiger partial charge in [-0.3, -0.25) is 9.59 Å². The van der Waals surface area contributed by atoms with Gasteiger partial charge >= 0.3 is 11.9 Å². The van der Waals surface area contributed by atoms with Crippen LogP contribution in [-0.2, 0) is 19.1 Å². The molecule has 1 atom stereocenters. The maximum absolute atomic E-state index is 12.2. The first kappa shape index (κ1) is 46.4. The third-order valence-electron chi connectivity index (χ3n) is 9.25. The highest BCUT2D eigenvalue weighted by Crippen LogP contribution is 2.15. The first-order chi connectivity index (χ1) is 23.6. The number of carbonyl (C=O) groups is 2. The summed E-state index contributed by atoms with van der Waals surface area (Å²) in [5.41, 5.74) is 0. The van der Waals surface area contributed by atoms with Gasteiger partial charge in [-0.2, -0.15) is 0 Å². The first-order valence-electron chi connectivity index (χ1n) is 20.9. The molecular weight excluding hydrogens is 596 g/mol. The van der Waals surface area contributed by atoms with Gasteiger partial charge in [0, 0.05) is 12.8 Å². The Bertz CT molecular complexity index is 731. The molecule has 0 aromatic heterocycles. The van der Waals surface area contributed by atoms with E-state index in [-0.39, 0.29) is 25.2 Å². The summed E-state index contributed by atoms with van der Waals surface area (Å²) in [6.45, 7) is 4.13. The van der Waals surface area contributed by atoms with Crippen molar-refractivity contribution in [2.24, 2.45) is 0 Å². The van der Waals surface area contributed by atoms with Gasteiger partial charge in [0.05, 0.1) is 6.61 Å². The summed E-state index contributed by atoms with van der Waals surface area (Å²) in [6.07, 6.45) is 46.7. The second-order valence-electron chi connectivity index (χ2n) is 14.1. The lowest BCUT2D eigenvalue weighted by Crippen LogP contribution is -2.28. The minimum Gasteiger partial charge on any atom is -0.462 e. The van der Waals surface area contributed by atoms with Crippen LogP contribution in [0.5, 0.6) is 0 Å². The largest absolute Gasteiger partial charge is 0.462 e. The van der Waals surface area contributed by atoms with Crippen molar-refractivity contribution in [3.05, 3.63) is 24.3 Å². The summed E-state index contributed by atoms with van der Waals surface area (Å²) in [5, 5.41) is 9.56. The van der Waals surface area contributed by atoms with Crippen LogP contribution < -0.4 is 0 Å². The van der Waals surface area contributed by atoms with Crippen LogP contribution in [0.4, 0.5) is 0 Å². The van der Waals surface area contributed by atoms with Crippen molar-refractivity contribution < 1.29 is 24.2 Å². The van der Waals surface area contributed by atoms with Crippen molar-refractivity contribution in [2.45, 2.75) is 225 Å². The second-order valence-corrected chi connectivity index (χ2v) is 14.1. The third kappa shape index (κ3) is 37.2. The minimum absolute atomic E-state index is 0.0636. The van der Waals surface area contributed by atoms with Crippen molar-refractivity contribution in [1.82, 2.24) is 0 Å². The molecule has 0 aromatic carbocycles. The zero-order valence-electron chi connectivity index (χ0n) is 32.0. The van der Waals surface area contributed by atoms with Crippen LogP contribution in [0.25, 0.3) is 0 Å². The van der Waals surface area contributed by atoms with Crippen LogP contribution in [0.2, 0.25) is 0 Å². The van der Waals surface area contributed by atoms with E-state index in [2.05, 4.69) is 38.2 Å². The number of esters is 2. The van der Waals surface area contributed by atoms with Gasteiger partial charge < -0.3 is 14.6 Å². The van der Waals surface area contributed by atoms with E-state index in [1.807, 2.05) is 0 Å². The highest BCUT2D eigenvalue weighted by molar-refractivity contribution is 5.70. The summed E-state index contributed by atoms with van der Waals surface area (Å²) in [4.78, 5) is 24.3. The lowest BCUT2D eigenvalue weighted by molar-refractivity contribution is -0.161. The molecule has 5 nitrogen and oxygen atoms in total. The molecule has 0 radical (unpaired) electrons. The summed E-state index contributed by atoms with van der Waals surface area (Å²) in [6, 6.07) is 0. The van der Waals surface area contributed by atoms with Crippen LogP contribution in [0.3, 0.4) is 0 Å². The fourth-order valence-corrected chi connectivity index (χ4v) is 6.06. The van der Waals surface area contributed by atoms with Gasteiger partial charge in [0.1, 0.15) is 6.61 Å². The number of allylic oxidation sites excluding steroid dienone is 4. The van der Waals surface area contributed by atoms with E-state index >= 15 is 0 Å². The molecule has 0 aliphatic carbocycles. The highest BCUT2D eigenvalue weighted by atomic mass is 16.6. The summed E-state index contributed by atoms with van der Waals surface area (Å²) < 4.78 is 10.6. The Labute approximate surface area is 298 Å². The smallest absolute Gasteiger partial charge is 0.306 e. The maximum Gasteiger partial charge on any atom is 0.306 e. The fraction of sp³-hybridized carbons (Fsp3) is 0.860. The van der Waals surface area contributed by atoms with Crippen LogP contribution in [-0.4, -0.2) is 36.4 Å². The van der Waals surface area contributed by atoms with E-state index in [1.54, 1.807) is 0 Å². The Morgan fingerprint density at radius 1 is 0.479 bits per heavy atom. The molecule has 0 saturated heterocycles. The van der Waals surface area contributed by atoms with Gasteiger partial charge in [-0.1, -0.05) is 186 Å². The summed E-state index contributed by atoms with van der Waals surface area (Å²) in [5.74, 6) is -0.586. The fourth-order valence-electron chi connectivity index (χ4n) is 6.06. The van der Waals surface area contributed by atoms with Gasteiger partial charge in [-0.25, -0.2) is 0 Å². The molecule has 0 aromatic rings.